The SMILES string of the molecule is CC1(C)CCC[C@]2(C)c3ccc(OCCCCCC(=O)NCc4cn([C@@H]5O[C@H](CO)[C@H](O)[C@H](O)[C@H]5O)nn4)cc3-c3nc4ccccc4nc3[C@H]12. The molecule has 1 saturated heterocycles. The number of ether oxygens (including phenoxy) is 2. The molecule has 3 heterocycles. The minimum absolute atomic E-state index is 0.0405. The number of para-hydroxylation sites is 2. The first kappa shape index (κ1) is 35.4. The summed E-state index contributed by atoms with van der Waals surface area (Å²) < 4.78 is 12.9. The van der Waals surface area contributed by atoms with Crippen LogP contribution < -0.4 is 10.1 Å². The number of fused-ring (bicyclic) bond motifs is 7. The van der Waals surface area contributed by atoms with Crippen LogP contribution in [0.4, 0.5) is 0 Å². The van der Waals surface area contributed by atoms with Crippen molar-refractivity contribution in [2.24, 2.45) is 5.41 Å². The van der Waals surface area contributed by atoms with E-state index in [1.165, 1.54) is 22.9 Å². The fraction of sp³-hybridized carbons (Fsp3) is 0.553. The Balaban J connectivity index is 0.916. The average Bonchev–Trinajstić information content (AvgIpc) is 3.59. The number of hydrogen-bond donors (Lipinski definition) is 5. The van der Waals surface area contributed by atoms with Crippen LogP contribution >= 0.6 is 0 Å². The second-order valence-electron chi connectivity index (χ2n) is 15.2. The molecule has 5 N–H and O–H groups in total. The summed E-state index contributed by atoms with van der Waals surface area (Å²) in [5.74, 6) is 0.951. The molecule has 2 fully saturated rings. The molecule has 7 rings (SSSR count). The zero-order chi connectivity index (χ0) is 35.9. The molecule has 13 heteroatoms. The molecule has 4 aromatic rings. The molecule has 13 nitrogen and oxygen atoms in total. The molecule has 2 aromatic carbocycles. The molecule has 2 aliphatic carbocycles. The molecule has 0 unspecified atom stereocenters. The van der Waals surface area contributed by atoms with Crippen molar-refractivity contribution in [3.63, 3.8) is 0 Å². The van der Waals surface area contributed by atoms with E-state index >= 15 is 0 Å². The highest BCUT2D eigenvalue weighted by atomic mass is 16.6. The van der Waals surface area contributed by atoms with Gasteiger partial charge in [-0.15, -0.1) is 5.10 Å². The Labute approximate surface area is 297 Å². The minimum Gasteiger partial charge on any atom is -0.494 e. The lowest BCUT2D eigenvalue weighted by atomic mass is 9.50. The maximum Gasteiger partial charge on any atom is 0.220 e. The number of benzene rings is 2. The van der Waals surface area contributed by atoms with Gasteiger partial charge in [0.25, 0.3) is 0 Å². The van der Waals surface area contributed by atoms with E-state index < -0.39 is 37.3 Å². The smallest absolute Gasteiger partial charge is 0.220 e. The highest BCUT2D eigenvalue weighted by Crippen LogP contribution is 2.62. The summed E-state index contributed by atoms with van der Waals surface area (Å²) in [7, 11) is 0. The second kappa shape index (κ2) is 14.2. The fourth-order valence-electron chi connectivity index (χ4n) is 8.60. The number of unbranched alkanes of at least 4 members (excludes halogenated alkanes) is 2. The number of nitrogens with zero attached hydrogens (tertiary/aromatic N) is 5. The van der Waals surface area contributed by atoms with Crippen molar-refractivity contribution < 1.29 is 34.7 Å². The Kier molecular flexibility index (Phi) is 9.85. The van der Waals surface area contributed by atoms with Crippen LogP contribution in [0.1, 0.15) is 94.8 Å². The Morgan fingerprint density at radius 1 is 1.00 bits per heavy atom. The van der Waals surface area contributed by atoms with Gasteiger partial charge in [0.15, 0.2) is 6.23 Å². The molecule has 0 radical (unpaired) electrons. The molecule has 0 spiro atoms. The lowest BCUT2D eigenvalue weighted by Crippen LogP contribution is -2.56. The van der Waals surface area contributed by atoms with Gasteiger partial charge in [0.1, 0.15) is 35.9 Å². The van der Waals surface area contributed by atoms with E-state index in [0.29, 0.717) is 25.1 Å². The molecule has 0 bridgehead atoms. The first-order valence-electron chi connectivity index (χ1n) is 18.0. The third kappa shape index (κ3) is 6.73. The summed E-state index contributed by atoms with van der Waals surface area (Å²) in [6.07, 6.45) is 0.927. The molecule has 272 valence electrons. The topological polar surface area (TPSA) is 185 Å². The van der Waals surface area contributed by atoms with Gasteiger partial charge in [0, 0.05) is 23.3 Å². The Morgan fingerprint density at radius 2 is 1.78 bits per heavy atom. The molecule has 1 aliphatic heterocycles. The minimum atomic E-state index is -1.52. The van der Waals surface area contributed by atoms with Crippen LogP contribution in [-0.2, 0) is 21.5 Å². The van der Waals surface area contributed by atoms with E-state index in [1.54, 1.807) is 0 Å². The van der Waals surface area contributed by atoms with Crippen LogP contribution in [0, 0.1) is 5.41 Å². The number of nitrogens with one attached hydrogen (secondary N) is 1. The van der Waals surface area contributed by atoms with E-state index in [2.05, 4.69) is 60.7 Å². The Bertz CT molecular complexity index is 1880. The maximum absolute atomic E-state index is 12.5. The van der Waals surface area contributed by atoms with Crippen LogP contribution in [0.3, 0.4) is 0 Å². The summed E-state index contributed by atoms with van der Waals surface area (Å²) in [6.45, 7) is 7.28. The monoisotopic (exact) mass is 700 g/mol. The van der Waals surface area contributed by atoms with Crippen molar-refractivity contribution in [3.8, 4) is 17.0 Å². The van der Waals surface area contributed by atoms with Crippen molar-refractivity contribution in [2.45, 2.75) is 114 Å². The third-order valence-electron chi connectivity index (χ3n) is 11.1. The lowest BCUT2D eigenvalue weighted by molar-refractivity contribution is -0.254. The molecular formula is C38H48N6O7. The van der Waals surface area contributed by atoms with Crippen molar-refractivity contribution in [1.29, 1.82) is 0 Å². The van der Waals surface area contributed by atoms with E-state index in [4.69, 9.17) is 19.4 Å². The van der Waals surface area contributed by atoms with Gasteiger partial charge in [-0.25, -0.2) is 14.6 Å². The van der Waals surface area contributed by atoms with Crippen molar-refractivity contribution in [1.82, 2.24) is 30.3 Å². The second-order valence-corrected chi connectivity index (χ2v) is 15.2. The number of aromatic nitrogens is 5. The predicted molar refractivity (Wildman–Crippen MR) is 188 cm³/mol. The standard InChI is InChI=1S/C38H48N6O7/c1-37(2)15-9-16-38(3)25-14-13-23(18-24(25)30-31(35(37)38)41-27-11-7-6-10-26(27)40-30)50-17-8-4-5-12-29(46)39-19-22-20-44(43-42-22)36-34(49)33(48)32(47)28(21-45)51-36/h6-7,10-11,13-14,18,20,28,32-36,45,47-49H,4-5,8-9,12,15-17,19,21H2,1-3H3,(H,39,46)/t28-,32+,33+,34-,35-,36-,38-/m1/s1. The molecular weight excluding hydrogens is 652 g/mol. The molecule has 1 saturated carbocycles. The number of rotatable bonds is 11. The zero-order valence-electron chi connectivity index (χ0n) is 29.4. The van der Waals surface area contributed by atoms with Gasteiger partial charge in [-0.3, -0.25) is 4.79 Å². The fourth-order valence-corrected chi connectivity index (χ4v) is 8.60. The number of aliphatic hydroxyl groups is 4. The maximum atomic E-state index is 12.5. The van der Waals surface area contributed by atoms with E-state index in [0.717, 1.165) is 59.4 Å². The van der Waals surface area contributed by atoms with E-state index in [1.807, 2.05) is 18.2 Å². The molecule has 51 heavy (non-hydrogen) atoms. The number of carbonyl (C=O) groups excluding carboxylic acids is 1. The van der Waals surface area contributed by atoms with E-state index in [-0.39, 0.29) is 29.2 Å². The first-order chi connectivity index (χ1) is 24.5. The van der Waals surface area contributed by atoms with Gasteiger partial charge < -0.3 is 35.2 Å². The Hall–Kier alpha value is -4.01. The van der Waals surface area contributed by atoms with Gasteiger partial charge in [0.05, 0.1) is 48.4 Å². The summed E-state index contributed by atoms with van der Waals surface area (Å²) >= 11 is 0. The van der Waals surface area contributed by atoms with Gasteiger partial charge in [-0.2, -0.15) is 0 Å². The van der Waals surface area contributed by atoms with Crippen molar-refractivity contribution in [2.75, 3.05) is 13.2 Å². The van der Waals surface area contributed by atoms with Gasteiger partial charge in [-0.05, 0) is 67.3 Å². The quantitative estimate of drug-likeness (QED) is 0.144. The summed E-state index contributed by atoms with van der Waals surface area (Å²) in [5.41, 5.74) is 6.82. The van der Waals surface area contributed by atoms with Crippen LogP contribution in [0.25, 0.3) is 22.3 Å². The molecule has 2 aromatic heterocycles. The number of hydrogen-bond acceptors (Lipinski definition) is 11. The molecule has 3 aliphatic rings. The zero-order valence-corrected chi connectivity index (χ0v) is 29.4. The number of amides is 1. The summed E-state index contributed by atoms with van der Waals surface area (Å²) in [6, 6.07) is 14.6. The normalized spacial score (nSPS) is 28.1. The van der Waals surface area contributed by atoms with Crippen molar-refractivity contribution >= 4 is 16.9 Å². The van der Waals surface area contributed by atoms with E-state index in [9.17, 15) is 25.2 Å². The Morgan fingerprint density at radius 3 is 2.57 bits per heavy atom. The summed E-state index contributed by atoms with van der Waals surface area (Å²) in [5, 5.41) is 50.5. The third-order valence-corrected chi connectivity index (χ3v) is 11.1. The molecule has 1 amide bonds. The molecule has 7 atom stereocenters. The highest BCUT2D eigenvalue weighted by molar-refractivity contribution is 5.82. The average molecular weight is 701 g/mol. The largest absolute Gasteiger partial charge is 0.494 e. The number of aliphatic hydroxyl groups excluding tert-OH is 4. The van der Waals surface area contributed by atoms with Crippen LogP contribution in [0.15, 0.2) is 48.7 Å². The predicted octanol–water partition coefficient (Wildman–Crippen LogP) is 3.68. The van der Waals surface area contributed by atoms with Gasteiger partial charge >= 0.3 is 0 Å². The van der Waals surface area contributed by atoms with Crippen LogP contribution in [0.2, 0.25) is 0 Å². The number of carbonyl (C=O) groups is 1. The van der Waals surface area contributed by atoms with Crippen LogP contribution in [-0.4, -0.2) is 88.9 Å². The van der Waals surface area contributed by atoms with Crippen LogP contribution in [0.5, 0.6) is 5.75 Å². The highest BCUT2D eigenvalue weighted by Gasteiger charge is 2.53. The van der Waals surface area contributed by atoms with Gasteiger partial charge in [0.2, 0.25) is 5.91 Å². The summed E-state index contributed by atoms with van der Waals surface area (Å²) in [4.78, 5) is 23.0. The van der Waals surface area contributed by atoms with Crippen molar-refractivity contribution in [3.05, 3.63) is 65.6 Å². The first-order valence-corrected chi connectivity index (χ1v) is 18.0. The lowest BCUT2D eigenvalue weighted by Gasteiger charge is -2.53. The van der Waals surface area contributed by atoms with Gasteiger partial charge in [-0.1, -0.05) is 50.6 Å².